The SMILES string of the molecule is CCc1c(C#N)c(N)[nH+]c(SCC(=O)c2ccc(C)cc2)c1C#N. The van der Waals surface area contributed by atoms with Crippen molar-refractivity contribution in [2.45, 2.75) is 25.3 Å². The maximum atomic E-state index is 12.3. The monoisotopic (exact) mass is 337 g/mol. The Morgan fingerprint density at radius 1 is 1.21 bits per heavy atom. The summed E-state index contributed by atoms with van der Waals surface area (Å²) in [7, 11) is 0. The van der Waals surface area contributed by atoms with Gasteiger partial charge in [0.25, 0.3) is 5.82 Å². The quantitative estimate of drug-likeness (QED) is 0.667. The molecule has 0 aliphatic carbocycles. The Balaban J connectivity index is 2.29. The van der Waals surface area contributed by atoms with E-state index in [2.05, 4.69) is 11.1 Å². The lowest BCUT2D eigenvalue weighted by Crippen LogP contribution is -2.20. The van der Waals surface area contributed by atoms with Crippen LogP contribution in [0.5, 0.6) is 0 Å². The fraction of sp³-hybridized carbons (Fsp3) is 0.222. The molecule has 3 N–H and O–H groups in total. The number of aromatic amines is 1. The third-order valence-corrected chi connectivity index (χ3v) is 4.65. The largest absolute Gasteiger partial charge is 0.293 e. The van der Waals surface area contributed by atoms with Crippen LogP contribution in [0.25, 0.3) is 0 Å². The first kappa shape index (κ1) is 17.5. The first-order valence-corrected chi connectivity index (χ1v) is 8.40. The third kappa shape index (κ3) is 3.56. The maximum absolute atomic E-state index is 12.3. The molecule has 1 aromatic carbocycles. The molecule has 0 atom stereocenters. The molecule has 120 valence electrons. The molecule has 0 bridgehead atoms. The average molecular weight is 337 g/mol. The van der Waals surface area contributed by atoms with Gasteiger partial charge >= 0.3 is 0 Å². The van der Waals surface area contributed by atoms with Crippen LogP contribution in [0.3, 0.4) is 0 Å². The number of benzene rings is 1. The van der Waals surface area contributed by atoms with E-state index in [4.69, 9.17) is 5.73 Å². The highest BCUT2D eigenvalue weighted by molar-refractivity contribution is 7.99. The topological polar surface area (TPSA) is 105 Å². The van der Waals surface area contributed by atoms with E-state index in [9.17, 15) is 15.3 Å². The molecule has 0 saturated heterocycles. The zero-order chi connectivity index (χ0) is 17.7. The number of nitrogens with two attached hydrogens (primary N) is 1. The molecule has 1 heterocycles. The number of nitrogens with zero attached hydrogens (tertiary/aromatic N) is 2. The Bertz CT molecular complexity index is 861. The van der Waals surface area contributed by atoms with Crippen LogP contribution in [-0.2, 0) is 6.42 Å². The summed E-state index contributed by atoms with van der Waals surface area (Å²) < 4.78 is 0. The van der Waals surface area contributed by atoms with Gasteiger partial charge in [0.2, 0.25) is 0 Å². The number of hydrogen-bond donors (Lipinski definition) is 1. The standard InChI is InChI=1S/C18H16N4OS/c1-3-13-14(8-19)17(21)22-18(15(13)9-20)24-10-16(23)12-6-4-11(2)5-7-12/h4-7H,3,10H2,1-2H3,(H2,21,22)/p+1. The molecule has 1 aromatic heterocycles. The predicted octanol–water partition coefficient (Wildman–Crippen LogP) is 2.67. The second kappa shape index (κ2) is 7.63. The predicted molar refractivity (Wildman–Crippen MR) is 92.5 cm³/mol. The first-order chi connectivity index (χ1) is 11.5. The van der Waals surface area contributed by atoms with Crippen LogP contribution in [0.4, 0.5) is 5.82 Å². The minimum absolute atomic E-state index is 0.0294. The van der Waals surface area contributed by atoms with Gasteiger partial charge in [-0.05, 0) is 13.3 Å². The van der Waals surface area contributed by atoms with Crippen LogP contribution in [0.15, 0.2) is 29.3 Å². The number of aryl methyl sites for hydroxylation is 1. The molecule has 2 aromatic rings. The molecule has 6 heteroatoms. The molecular formula is C18H17N4OS+. The van der Waals surface area contributed by atoms with Gasteiger partial charge in [-0.25, -0.2) is 4.98 Å². The summed E-state index contributed by atoms with van der Waals surface area (Å²) in [5.41, 5.74) is 8.89. The second-order valence-corrected chi connectivity index (χ2v) is 6.24. The molecule has 0 spiro atoms. The van der Waals surface area contributed by atoms with Crippen molar-refractivity contribution in [2.24, 2.45) is 0 Å². The highest BCUT2D eigenvalue weighted by Gasteiger charge is 2.22. The van der Waals surface area contributed by atoms with E-state index >= 15 is 0 Å². The number of aromatic nitrogens is 1. The lowest BCUT2D eigenvalue weighted by molar-refractivity contribution is -0.410. The summed E-state index contributed by atoms with van der Waals surface area (Å²) in [4.78, 5) is 15.2. The van der Waals surface area contributed by atoms with E-state index in [1.165, 1.54) is 11.8 Å². The fourth-order valence-electron chi connectivity index (χ4n) is 2.34. The van der Waals surface area contributed by atoms with Gasteiger partial charge in [0, 0.05) is 11.1 Å². The summed E-state index contributed by atoms with van der Waals surface area (Å²) in [6.07, 6.45) is 0.518. The average Bonchev–Trinajstić information content (AvgIpc) is 2.59. The maximum Gasteiger partial charge on any atom is 0.289 e. The lowest BCUT2D eigenvalue weighted by atomic mass is 10.0. The number of thioether (sulfide) groups is 1. The number of carbonyl (C=O) groups is 1. The minimum atomic E-state index is -0.0294. The van der Waals surface area contributed by atoms with Crippen LogP contribution in [-0.4, -0.2) is 11.5 Å². The number of ketones is 1. The number of rotatable bonds is 5. The number of pyridine rings is 1. The molecule has 24 heavy (non-hydrogen) atoms. The van der Waals surface area contributed by atoms with Crippen molar-refractivity contribution in [3.63, 3.8) is 0 Å². The van der Waals surface area contributed by atoms with Gasteiger partial charge in [-0.2, -0.15) is 10.5 Å². The molecule has 0 unspecified atom stereocenters. The highest BCUT2D eigenvalue weighted by atomic mass is 32.2. The van der Waals surface area contributed by atoms with Crippen LogP contribution < -0.4 is 10.7 Å². The molecule has 0 amide bonds. The molecule has 0 fully saturated rings. The van der Waals surface area contributed by atoms with Gasteiger partial charge in [-0.3, -0.25) is 10.5 Å². The first-order valence-electron chi connectivity index (χ1n) is 7.42. The molecule has 2 rings (SSSR count). The fourth-order valence-corrected chi connectivity index (χ4v) is 3.28. The summed E-state index contributed by atoms with van der Waals surface area (Å²) in [6, 6.07) is 11.5. The molecule has 0 saturated carbocycles. The van der Waals surface area contributed by atoms with E-state index in [-0.39, 0.29) is 17.4 Å². The minimum Gasteiger partial charge on any atom is -0.293 e. The van der Waals surface area contributed by atoms with Gasteiger partial charge < -0.3 is 0 Å². The van der Waals surface area contributed by atoms with Crippen molar-refractivity contribution in [1.29, 1.82) is 10.5 Å². The van der Waals surface area contributed by atoms with E-state index in [0.29, 0.717) is 33.7 Å². The Labute approximate surface area is 145 Å². The van der Waals surface area contributed by atoms with E-state index < -0.39 is 0 Å². The van der Waals surface area contributed by atoms with Crippen LogP contribution in [0, 0.1) is 29.6 Å². The molecule has 0 radical (unpaired) electrons. The summed E-state index contributed by atoms with van der Waals surface area (Å²) in [6.45, 7) is 3.82. The zero-order valence-electron chi connectivity index (χ0n) is 13.5. The van der Waals surface area contributed by atoms with Crippen LogP contribution in [0.2, 0.25) is 0 Å². The molecular weight excluding hydrogens is 320 g/mol. The Morgan fingerprint density at radius 3 is 2.38 bits per heavy atom. The van der Waals surface area contributed by atoms with Crippen LogP contribution in [0.1, 0.15) is 39.5 Å². The third-order valence-electron chi connectivity index (χ3n) is 3.65. The lowest BCUT2D eigenvalue weighted by Gasteiger charge is -2.08. The van der Waals surface area contributed by atoms with E-state index in [0.717, 1.165) is 5.56 Å². The Morgan fingerprint density at radius 2 is 1.83 bits per heavy atom. The van der Waals surface area contributed by atoms with Gasteiger partial charge in [0.1, 0.15) is 23.3 Å². The Kier molecular flexibility index (Phi) is 5.57. The van der Waals surface area contributed by atoms with E-state index in [1.54, 1.807) is 12.1 Å². The Hall–Kier alpha value is -2.83. The number of nitrogen functional groups attached to an aromatic ring is 1. The summed E-state index contributed by atoms with van der Waals surface area (Å²) in [5, 5.41) is 19.2. The normalized spacial score (nSPS) is 10.0. The summed E-state index contributed by atoms with van der Waals surface area (Å²) >= 11 is 1.22. The van der Waals surface area contributed by atoms with Crippen LogP contribution >= 0.6 is 11.8 Å². The molecule has 0 aliphatic rings. The second-order valence-electron chi connectivity index (χ2n) is 5.25. The number of carbonyl (C=O) groups excluding carboxylic acids is 1. The number of Topliss-reactive ketones (excluding diaryl/α,β-unsaturated/α-hetero) is 1. The molecule has 5 nitrogen and oxygen atoms in total. The van der Waals surface area contributed by atoms with E-state index in [1.807, 2.05) is 32.0 Å². The van der Waals surface area contributed by atoms with Crippen molar-refractivity contribution in [2.75, 3.05) is 11.5 Å². The van der Waals surface area contributed by atoms with Gasteiger partial charge in [-0.15, -0.1) is 0 Å². The number of H-pyrrole nitrogens is 1. The number of nitriles is 2. The van der Waals surface area contributed by atoms with Crippen molar-refractivity contribution in [3.8, 4) is 12.1 Å². The van der Waals surface area contributed by atoms with Crippen molar-refractivity contribution < 1.29 is 9.78 Å². The van der Waals surface area contributed by atoms with Gasteiger partial charge in [0.15, 0.2) is 10.8 Å². The molecule has 0 aliphatic heterocycles. The summed E-state index contributed by atoms with van der Waals surface area (Å²) in [5.74, 6) is 0.375. The van der Waals surface area contributed by atoms with Gasteiger partial charge in [0.05, 0.1) is 5.75 Å². The van der Waals surface area contributed by atoms with Crippen molar-refractivity contribution in [1.82, 2.24) is 0 Å². The smallest absolute Gasteiger partial charge is 0.289 e. The number of nitrogens with one attached hydrogen (secondary N) is 1. The number of hydrogen-bond acceptors (Lipinski definition) is 5. The van der Waals surface area contributed by atoms with Crippen molar-refractivity contribution in [3.05, 3.63) is 52.1 Å². The number of anilines is 1. The van der Waals surface area contributed by atoms with Crippen molar-refractivity contribution >= 4 is 23.4 Å². The highest BCUT2D eigenvalue weighted by Crippen LogP contribution is 2.26. The van der Waals surface area contributed by atoms with Gasteiger partial charge in [-0.1, -0.05) is 48.5 Å². The zero-order valence-corrected chi connectivity index (χ0v) is 14.3.